The molecule has 0 radical (unpaired) electrons. The number of rotatable bonds is 33. The molecule has 2 saturated heterocycles. The van der Waals surface area contributed by atoms with Crippen LogP contribution in [0.2, 0.25) is 75.5 Å². The summed E-state index contributed by atoms with van der Waals surface area (Å²) < 4.78 is 122. The summed E-state index contributed by atoms with van der Waals surface area (Å²) in [6.45, 7) is 45.7. The van der Waals surface area contributed by atoms with Gasteiger partial charge in [0, 0.05) is 44.6 Å². The molecule has 0 aromatic heterocycles. The molecule has 2 unspecified atom stereocenters. The van der Waals surface area contributed by atoms with Gasteiger partial charge in [0.25, 0.3) is 0 Å². The number of thioether (sulfide) groups is 1. The Bertz CT molecular complexity index is 5900. The van der Waals surface area contributed by atoms with E-state index in [1.165, 1.54) is 26.0 Å². The van der Waals surface area contributed by atoms with E-state index in [9.17, 15) is 5.11 Å². The van der Waals surface area contributed by atoms with Gasteiger partial charge in [-0.05, 0) is 169 Å². The Hall–Kier alpha value is -8.66. The summed E-state index contributed by atoms with van der Waals surface area (Å²) in [5, 5.41) is 43.2. The fraction of sp³-hybridized carbons (Fsp3) is 0.491. The molecule has 21 nitrogen and oxygen atoms in total. The molecule has 2 aliphatic heterocycles. The van der Waals surface area contributed by atoms with E-state index in [0.717, 1.165) is 16.0 Å². The normalized spacial score (nSPS) is 26.3. The molecule has 16 rings (SSSR count). The molecule has 136 heavy (non-hydrogen) atoms. The average molecular weight is 1940 g/mol. The molecular formula is C110H140O21SSi4. The highest BCUT2D eigenvalue weighted by molar-refractivity contribution is 7.99. The molecule has 3 N–H and O–H groups in total. The molecule has 0 amide bonds. The molecule has 9 aromatic carbocycles. The maximum atomic E-state index is 18.9. The van der Waals surface area contributed by atoms with Crippen LogP contribution in [0.3, 0.4) is 0 Å². The van der Waals surface area contributed by atoms with Crippen LogP contribution in [0.15, 0.2) is 192 Å². The molecule has 3 saturated carbocycles. The molecule has 5 fully saturated rings. The fourth-order valence-electron chi connectivity index (χ4n) is 22.2. The number of aliphatic hydroxyl groups is 1. The van der Waals surface area contributed by atoms with Gasteiger partial charge in [-0.2, -0.15) is 0 Å². The number of aliphatic hydroxyl groups excluding tert-OH is 1. The third kappa shape index (κ3) is 17.8. The van der Waals surface area contributed by atoms with E-state index >= 15 is 19.8 Å². The van der Waals surface area contributed by atoms with Crippen molar-refractivity contribution >= 4 is 73.1 Å². The first-order valence-corrected chi connectivity index (χ1v) is 61.8. The van der Waals surface area contributed by atoms with Gasteiger partial charge in [-0.25, -0.2) is 0 Å². The lowest BCUT2D eigenvalue weighted by Gasteiger charge is -2.65. The first kappa shape index (κ1) is 100. The van der Waals surface area contributed by atoms with Gasteiger partial charge in [-0.15, -0.1) is 11.8 Å². The van der Waals surface area contributed by atoms with Gasteiger partial charge in [0.15, 0.2) is 84.8 Å². The molecule has 7 aliphatic rings. The lowest BCUT2D eigenvalue weighted by molar-refractivity contribution is -0.266. The highest BCUT2D eigenvalue weighted by atomic mass is 32.2. The smallest absolute Gasteiger partial charge is 0.201 e. The van der Waals surface area contributed by atoms with Crippen molar-refractivity contribution in [1.82, 2.24) is 0 Å². The Labute approximate surface area is 812 Å². The second-order valence-corrected chi connectivity index (χ2v) is 63.3. The Morgan fingerprint density at radius 3 is 1.20 bits per heavy atom. The number of phenols is 2. The van der Waals surface area contributed by atoms with Crippen LogP contribution in [0.25, 0.3) is 27.7 Å². The molecule has 728 valence electrons. The second kappa shape index (κ2) is 37.7. The average Bonchev–Trinajstić information content (AvgIpc) is 1.65. The van der Waals surface area contributed by atoms with Gasteiger partial charge in [0.05, 0.1) is 79.8 Å². The molecule has 2 heterocycles. The van der Waals surface area contributed by atoms with Crippen molar-refractivity contribution in [3.05, 3.63) is 238 Å². The summed E-state index contributed by atoms with van der Waals surface area (Å²) in [5.41, 5.74) is -3.18. The predicted molar refractivity (Wildman–Crippen MR) is 541 cm³/mol. The predicted octanol–water partition coefficient (Wildman–Crippen LogP) is 24.9. The van der Waals surface area contributed by atoms with E-state index in [-0.39, 0.29) is 142 Å². The third-order valence-corrected chi connectivity index (χ3v) is 41.5. The largest absolute Gasteiger partial charge is 0.507 e. The van der Waals surface area contributed by atoms with Crippen LogP contribution in [0.1, 0.15) is 175 Å². The van der Waals surface area contributed by atoms with Crippen LogP contribution in [0.5, 0.6) is 46.0 Å². The van der Waals surface area contributed by atoms with E-state index in [0.29, 0.717) is 35.1 Å². The number of ketones is 2. The zero-order chi connectivity index (χ0) is 97.8. The molecule has 5 aliphatic carbocycles. The topological polar surface area (TPSA) is 243 Å². The van der Waals surface area contributed by atoms with Crippen molar-refractivity contribution in [3.8, 4) is 57.1 Å². The Kier molecular flexibility index (Phi) is 27.8. The lowest BCUT2D eigenvalue weighted by Crippen LogP contribution is -2.81. The van der Waals surface area contributed by atoms with E-state index in [1.54, 1.807) is 7.11 Å². The molecular weight excluding hydrogens is 1800 g/mol. The van der Waals surface area contributed by atoms with Gasteiger partial charge in [0.1, 0.15) is 84.2 Å². The van der Waals surface area contributed by atoms with Gasteiger partial charge < -0.3 is 89.9 Å². The van der Waals surface area contributed by atoms with E-state index < -0.39 is 161 Å². The van der Waals surface area contributed by atoms with Crippen LogP contribution in [0.4, 0.5) is 0 Å². The number of carbonyl (C=O) groups excluding carboxylic acids is 2. The van der Waals surface area contributed by atoms with E-state index in [2.05, 4.69) is 94.3 Å². The fourth-order valence-corrected chi connectivity index (χ4v) is 29.0. The van der Waals surface area contributed by atoms with Gasteiger partial charge >= 0.3 is 0 Å². The van der Waals surface area contributed by atoms with Crippen LogP contribution in [-0.2, 0) is 90.4 Å². The first-order valence-electron chi connectivity index (χ1n) is 48.3. The Morgan fingerprint density at radius 1 is 0.426 bits per heavy atom. The van der Waals surface area contributed by atoms with Gasteiger partial charge in [-0.1, -0.05) is 238 Å². The highest BCUT2D eigenvalue weighted by Crippen LogP contribution is 2.73. The molecule has 26 heteroatoms. The maximum absolute atomic E-state index is 18.9. The van der Waals surface area contributed by atoms with Gasteiger partial charge in [-0.3, -0.25) is 9.59 Å². The van der Waals surface area contributed by atoms with Crippen LogP contribution in [-0.4, -0.2) is 152 Å². The standard InChI is InChI=1S/C110H140O21SSi4/c1-26-58-107-101(124-105(9,10)128-107)96(122-65-70-52-40-31-41-53-70)88(126-135(22,23)103(3,4)5)75-60-73-77(99(114)109(75,107)130-133(16,17)18)86(112)80-79(85(73)111)95(121-64-69-50-38-30-39-51-69)93(117-14)83(90(80)119-62-67-46-34-28-35-47-67)82-91(120-63-68-48-36-29-37-49-68)81-84(94(118-15)92(82)116-13)98(132-72-56-44-33-45-57-72)74-61-76-89(127-136(24,25)104(6,7)8)97(123-66-71-54-42-32-43-55-71)102-108(59-27-2,129-106(11,12)125-102)110(76,131-134(19,20)21)100(115)78(74)87(81)113/h28-57,74-76,88-89,96-98,101-102,111-113H,26-27,58-66H2,1-25H3/t74?,75-,76-,88+,89+,96-,97-,98?,101+,102+,107+,108+,109-,110-/m1/s1. The molecule has 0 bridgehead atoms. The summed E-state index contributed by atoms with van der Waals surface area (Å²) in [4.78, 5) is 38.2. The van der Waals surface area contributed by atoms with E-state index in [4.69, 9.17) is 74.5 Å². The minimum atomic E-state index is -3.15. The quantitative estimate of drug-likeness (QED) is 0.0256. The minimum absolute atomic E-state index is 0.0155. The summed E-state index contributed by atoms with van der Waals surface area (Å²) in [5.74, 6) is -8.50. The van der Waals surface area contributed by atoms with Crippen molar-refractivity contribution in [2.24, 2.45) is 17.8 Å². The number of phenolic OH excluding ortho intramolecular Hbond substituents is 2. The summed E-state index contributed by atoms with van der Waals surface area (Å²) >= 11 is 1.50. The minimum Gasteiger partial charge on any atom is -0.507 e. The number of ether oxygens (including phenoxy) is 12. The number of carbonyl (C=O) groups is 2. The van der Waals surface area contributed by atoms with Crippen molar-refractivity contribution in [1.29, 1.82) is 0 Å². The van der Waals surface area contributed by atoms with Crippen LogP contribution < -0.4 is 28.4 Å². The Balaban J connectivity index is 1.06. The van der Waals surface area contributed by atoms with Gasteiger partial charge in [0.2, 0.25) is 5.78 Å². The molecule has 14 atom stereocenters. The van der Waals surface area contributed by atoms with Crippen molar-refractivity contribution < 1.29 is 99.5 Å². The molecule has 9 aromatic rings. The SMILES string of the molecule is CCC[C@]12OC(C)(C)O[C@H]1[C@H](OCc1ccccc1)[C@@H](O[Si](C)(C)C(C)(C)C)[C@H]1CC3C(=C(O)c4c(OCc5ccccc5)c(-c5c(OC)c(OCc6ccccc6)c6c(O)c7c(c(O)c6c5OCc5ccccc5)C(=O)[C@]5(O[Si](C)(C)C)[C@H](C7)[C@H](O[Si](C)(C)C(C)(C)C)[C@@H](OCc6ccccc6)[C@@H]6OC(C)(C)O[C@@]65CCC)c(OC)c(OC)c4C3Sc3ccccc3)C(=O)[C@]12O[Si](C)(C)C. The number of methoxy groups -OCH3 is 3. The lowest BCUT2D eigenvalue weighted by atomic mass is 9.51. The summed E-state index contributed by atoms with van der Waals surface area (Å²) in [6.07, 6.45) is -4.30. The van der Waals surface area contributed by atoms with Crippen molar-refractivity contribution in [3.63, 3.8) is 0 Å². The third-order valence-electron chi connectivity index (χ3n) is 29.4. The van der Waals surface area contributed by atoms with Crippen LogP contribution >= 0.6 is 11.8 Å². The second-order valence-electron chi connectivity index (χ2n) is 43.7. The van der Waals surface area contributed by atoms with E-state index in [1.807, 2.05) is 236 Å². The van der Waals surface area contributed by atoms with Crippen LogP contribution in [0, 0.1) is 17.8 Å². The monoisotopic (exact) mass is 1940 g/mol. The summed E-state index contributed by atoms with van der Waals surface area (Å²) in [7, 11) is -7.69. The highest BCUT2D eigenvalue weighted by Gasteiger charge is 2.82. The Morgan fingerprint density at radius 2 is 0.794 bits per heavy atom. The van der Waals surface area contributed by atoms with Crippen molar-refractivity contribution in [2.45, 2.75) is 311 Å². The summed E-state index contributed by atoms with van der Waals surface area (Å²) in [6, 6.07) is 58.6. The number of benzene rings is 9. The maximum Gasteiger partial charge on any atom is 0.201 e. The number of aromatic hydroxyl groups is 2. The number of fused-ring (bicyclic) bond motifs is 10. The number of hydrogen-bond acceptors (Lipinski definition) is 22. The first-order chi connectivity index (χ1) is 64.2. The van der Waals surface area contributed by atoms with Crippen molar-refractivity contribution in [2.75, 3.05) is 21.3 Å². The number of hydrogen-bond donors (Lipinski definition) is 3. The number of Topliss-reactive ketones (excluding diaryl/α,β-unsaturated/α-hetero) is 2. The molecule has 0 spiro atoms. The zero-order valence-electron chi connectivity index (χ0n) is 84.0. The zero-order valence-corrected chi connectivity index (χ0v) is 88.8.